The molecule has 0 bridgehead atoms. The van der Waals surface area contributed by atoms with Crippen LogP contribution in [-0.4, -0.2) is 49.3 Å². The number of phosphoric acid groups is 1. The van der Waals surface area contributed by atoms with Gasteiger partial charge in [0.15, 0.2) is 6.10 Å². The van der Waals surface area contributed by atoms with E-state index in [1.54, 1.807) is 0 Å². The van der Waals surface area contributed by atoms with E-state index in [4.69, 9.17) is 24.3 Å². The van der Waals surface area contributed by atoms with E-state index in [1.807, 2.05) is 54.7 Å². The highest BCUT2D eigenvalue weighted by atomic mass is 31.2. The predicted molar refractivity (Wildman–Crippen MR) is 196 cm³/mol. The quantitative estimate of drug-likeness (QED) is 0.0249. The highest BCUT2D eigenvalue weighted by Crippen LogP contribution is 2.43. The van der Waals surface area contributed by atoms with Crippen molar-refractivity contribution in [2.75, 3.05) is 26.4 Å². The zero-order chi connectivity index (χ0) is 35.4. The average molecular weight is 690 g/mol. The molecule has 0 aliphatic rings. The fourth-order valence-corrected chi connectivity index (χ4v) is 4.62. The van der Waals surface area contributed by atoms with Crippen LogP contribution >= 0.6 is 7.82 Å². The van der Waals surface area contributed by atoms with Gasteiger partial charge in [-0.1, -0.05) is 124 Å². The van der Waals surface area contributed by atoms with Crippen LogP contribution < -0.4 is 5.73 Å². The van der Waals surface area contributed by atoms with Gasteiger partial charge in [0.25, 0.3) is 0 Å². The van der Waals surface area contributed by atoms with E-state index in [-0.39, 0.29) is 32.6 Å². The lowest BCUT2D eigenvalue weighted by Gasteiger charge is -2.19. The van der Waals surface area contributed by atoms with Crippen LogP contribution in [0, 0.1) is 0 Å². The first kappa shape index (κ1) is 44.9. The molecule has 0 rings (SSSR count). The van der Waals surface area contributed by atoms with Gasteiger partial charge >= 0.3 is 19.8 Å². The van der Waals surface area contributed by atoms with Crippen molar-refractivity contribution >= 4 is 19.8 Å². The van der Waals surface area contributed by atoms with Gasteiger partial charge in [-0.15, -0.1) is 0 Å². The van der Waals surface area contributed by atoms with Crippen LogP contribution in [0.25, 0.3) is 0 Å². The monoisotopic (exact) mass is 689 g/mol. The van der Waals surface area contributed by atoms with Crippen molar-refractivity contribution in [1.29, 1.82) is 0 Å². The maximum Gasteiger partial charge on any atom is 0.472 e. The predicted octanol–water partition coefficient (Wildman–Crippen LogP) is 9.09. The van der Waals surface area contributed by atoms with Gasteiger partial charge in [0.05, 0.1) is 13.2 Å². The summed E-state index contributed by atoms with van der Waals surface area (Å²) in [4.78, 5) is 34.6. The van der Waals surface area contributed by atoms with E-state index in [2.05, 4.69) is 56.4 Å². The van der Waals surface area contributed by atoms with Crippen molar-refractivity contribution in [3.8, 4) is 0 Å². The van der Waals surface area contributed by atoms with E-state index >= 15 is 0 Å². The van der Waals surface area contributed by atoms with Crippen molar-refractivity contribution in [2.24, 2.45) is 5.73 Å². The molecule has 3 N–H and O–H groups in total. The molecule has 0 amide bonds. The first-order valence-electron chi connectivity index (χ1n) is 17.3. The van der Waals surface area contributed by atoms with E-state index in [9.17, 15) is 19.0 Å². The molecule has 0 aromatic rings. The zero-order valence-electron chi connectivity index (χ0n) is 29.2. The lowest BCUT2D eigenvalue weighted by Crippen LogP contribution is -2.29. The first-order valence-corrected chi connectivity index (χ1v) is 18.8. The molecule has 2 unspecified atom stereocenters. The summed E-state index contributed by atoms with van der Waals surface area (Å²) in [5.74, 6) is -0.958. The smallest absolute Gasteiger partial charge is 0.462 e. The summed E-state index contributed by atoms with van der Waals surface area (Å²) in [7, 11) is -4.40. The molecule has 270 valence electrons. The Morgan fingerprint density at radius 1 is 0.646 bits per heavy atom. The number of hydrogen-bond donors (Lipinski definition) is 2. The lowest BCUT2D eigenvalue weighted by molar-refractivity contribution is -0.161. The lowest BCUT2D eigenvalue weighted by atomic mass is 10.1. The molecule has 9 nitrogen and oxygen atoms in total. The van der Waals surface area contributed by atoms with E-state index in [0.29, 0.717) is 19.3 Å². The van der Waals surface area contributed by atoms with Gasteiger partial charge in [0.2, 0.25) is 0 Å². The molecule has 2 atom stereocenters. The van der Waals surface area contributed by atoms with Crippen LogP contribution in [0.1, 0.15) is 97.3 Å². The Bertz CT molecular complexity index is 1100. The molecule has 48 heavy (non-hydrogen) atoms. The molecule has 0 aliphatic carbocycles. The Hall–Kier alpha value is -3.07. The van der Waals surface area contributed by atoms with Crippen LogP contribution in [0.4, 0.5) is 0 Å². The topological polar surface area (TPSA) is 134 Å². The number of esters is 2. The molecule has 0 aromatic carbocycles. The highest BCUT2D eigenvalue weighted by molar-refractivity contribution is 7.47. The summed E-state index contributed by atoms with van der Waals surface area (Å²) in [6.45, 7) is 3.30. The van der Waals surface area contributed by atoms with Crippen LogP contribution in [0.5, 0.6) is 0 Å². The fourth-order valence-electron chi connectivity index (χ4n) is 3.85. The summed E-state index contributed by atoms with van der Waals surface area (Å²) in [5, 5.41) is 0. The van der Waals surface area contributed by atoms with E-state index in [0.717, 1.165) is 51.4 Å². The number of rotatable bonds is 30. The molecule has 0 aliphatic heterocycles. The van der Waals surface area contributed by atoms with Crippen LogP contribution in [-0.2, 0) is 32.7 Å². The normalized spacial score (nSPS) is 14.7. The first-order chi connectivity index (χ1) is 23.3. The molecule has 0 fully saturated rings. The molecule has 0 radical (unpaired) electrons. The molecule has 0 saturated carbocycles. The summed E-state index contributed by atoms with van der Waals surface area (Å²) in [6, 6.07) is 0. The number of nitrogens with two attached hydrogens (primary N) is 1. The van der Waals surface area contributed by atoms with Crippen molar-refractivity contribution < 1.29 is 37.6 Å². The number of carbonyl (C=O) groups excluding carboxylic acids is 2. The van der Waals surface area contributed by atoms with Gasteiger partial charge in [0.1, 0.15) is 6.61 Å². The summed E-state index contributed by atoms with van der Waals surface area (Å²) < 4.78 is 32.4. The second-order valence-corrected chi connectivity index (χ2v) is 12.2. The minimum absolute atomic E-state index is 0.0326. The third-order valence-electron chi connectivity index (χ3n) is 6.34. The largest absolute Gasteiger partial charge is 0.472 e. The number of allylic oxidation sites excluding steroid dienone is 16. The van der Waals surface area contributed by atoms with Gasteiger partial charge in [-0.25, -0.2) is 4.57 Å². The molecular weight excluding hydrogens is 629 g/mol. The maximum atomic E-state index is 12.4. The number of unbranched alkanes of at least 4 members (excludes halogenated alkanes) is 5. The number of carbonyl (C=O) groups is 2. The van der Waals surface area contributed by atoms with Gasteiger partial charge in [-0.3, -0.25) is 18.6 Å². The van der Waals surface area contributed by atoms with Crippen molar-refractivity contribution in [2.45, 2.75) is 103 Å². The van der Waals surface area contributed by atoms with Gasteiger partial charge in [0, 0.05) is 19.4 Å². The Balaban J connectivity index is 4.47. The SMILES string of the molecule is CC/C=C/C=C/C=C/C=C/C=C/CCCC(=O)OC(COC(=O)CCCCCC/C=C/C/C=C/C/C=C/CC)COP(=O)(O)OCCN. The second-order valence-electron chi connectivity index (χ2n) is 10.7. The summed E-state index contributed by atoms with van der Waals surface area (Å²) in [6.07, 6.45) is 41.7. The molecule has 0 spiro atoms. The fraction of sp³-hybridized carbons (Fsp3) is 0.526. The third kappa shape index (κ3) is 32.9. The minimum Gasteiger partial charge on any atom is -0.462 e. The van der Waals surface area contributed by atoms with Crippen LogP contribution in [0.3, 0.4) is 0 Å². The summed E-state index contributed by atoms with van der Waals surface area (Å²) in [5.41, 5.74) is 5.31. The zero-order valence-corrected chi connectivity index (χ0v) is 30.1. The highest BCUT2D eigenvalue weighted by Gasteiger charge is 2.25. The van der Waals surface area contributed by atoms with Crippen molar-refractivity contribution in [1.82, 2.24) is 0 Å². The number of ether oxygens (including phenoxy) is 2. The Morgan fingerprint density at radius 2 is 1.21 bits per heavy atom. The molecule has 0 saturated heterocycles. The molecule has 0 heterocycles. The van der Waals surface area contributed by atoms with Crippen molar-refractivity contribution in [3.63, 3.8) is 0 Å². The molecule has 0 aromatic heterocycles. The van der Waals surface area contributed by atoms with Gasteiger partial charge in [-0.05, 0) is 57.8 Å². The standard InChI is InChI=1S/C38H60NO8P/c1-3-5-7-9-11-13-15-17-19-20-22-24-26-28-30-37(40)44-34-36(35-46-48(42,43)45-33-32-39)47-38(41)31-29-27-25-23-21-18-16-14-12-10-8-6-4-2/h5-8,10-14,16-19,21,23,25,36H,3-4,9,15,20,22,24,26-35,39H2,1-2H3,(H,42,43)/b7-5+,8-6+,12-10+,13-11+,16-14+,19-17+,21-18+,25-23+. The molecule has 10 heteroatoms. The van der Waals surface area contributed by atoms with Crippen LogP contribution in [0.2, 0.25) is 0 Å². The van der Waals surface area contributed by atoms with E-state index in [1.165, 1.54) is 0 Å². The average Bonchev–Trinajstić information content (AvgIpc) is 3.07. The number of hydrogen-bond acceptors (Lipinski definition) is 8. The Kier molecular flexibility index (Phi) is 31.7. The number of phosphoric ester groups is 1. The minimum atomic E-state index is -4.40. The van der Waals surface area contributed by atoms with Gasteiger partial charge < -0.3 is 20.1 Å². The molecular formula is C38H60NO8P. The van der Waals surface area contributed by atoms with Crippen molar-refractivity contribution in [3.05, 3.63) is 97.2 Å². The Labute approximate surface area is 289 Å². The van der Waals surface area contributed by atoms with E-state index < -0.39 is 32.5 Å². The summed E-state index contributed by atoms with van der Waals surface area (Å²) >= 11 is 0. The third-order valence-corrected chi connectivity index (χ3v) is 7.33. The Morgan fingerprint density at radius 3 is 1.88 bits per heavy atom. The van der Waals surface area contributed by atoms with Gasteiger partial charge in [-0.2, -0.15) is 0 Å². The maximum absolute atomic E-state index is 12.4. The van der Waals surface area contributed by atoms with Crippen LogP contribution in [0.15, 0.2) is 97.2 Å². The second kappa shape index (κ2) is 33.8.